The number of anilines is 1. The van der Waals surface area contributed by atoms with Crippen LogP contribution < -0.4 is 5.32 Å². The molecule has 0 amide bonds. The van der Waals surface area contributed by atoms with E-state index in [0.717, 1.165) is 11.3 Å². The van der Waals surface area contributed by atoms with Crippen molar-refractivity contribution in [3.8, 4) is 0 Å². The van der Waals surface area contributed by atoms with Gasteiger partial charge in [-0.05, 0) is 26.0 Å². The number of carbonyl (C=O) groups is 1. The number of hydrogen-bond acceptors (Lipinski definition) is 7. The molecule has 1 fully saturated rings. The Bertz CT molecular complexity index is 852. The zero-order valence-corrected chi connectivity index (χ0v) is 17.8. The molecule has 158 valence electrons. The van der Waals surface area contributed by atoms with Gasteiger partial charge in [-0.15, -0.1) is 0 Å². The normalized spacial score (nSPS) is 21.0. The summed E-state index contributed by atoms with van der Waals surface area (Å²) in [5, 5.41) is 3.45. The highest BCUT2D eigenvalue weighted by atomic mass is 35.5. The number of thiazole rings is 1. The van der Waals surface area contributed by atoms with E-state index in [1.54, 1.807) is 0 Å². The SMILES string of the molecule is COC(=O)c1sc(NCC(c2c(F)cccc2F)N2CC(C)OC(C)C2)nc1Cl. The Hall–Kier alpha value is -1.81. The van der Waals surface area contributed by atoms with Crippen LogP contribution in [0.5, 0.6) is 0 Å². The van der Waals surface area contributed by atoms with Gasteiger partial charge in [-0.2, -0.15) is 0 Å². The number of nitrogens with zero attached hydrogens (tertiary/aromatic N) is 2. The lowest BCUT2D eigenvalue weighted by Gasteiger charge is -2.40. The van der Waals surface area contributed by atoms with Crippen molar-refractivity contribution < 1.29 is 23.0 Å². The summed E-state index contributed by atoms with van der Waals surface area (Å²) in [7, 11) is 1.25. The molecule has 1 saturated heterocycles. The van der Waals surface area contributed by atoms with Crippen molar-refractivity contribution in [2.45, 2.75) is 32.1 Å². The van der Waals surface area contributed by atoms with Crippen molar-refractivity contribution in [1.82, 2.24) is 9.88 Å². The highest BCUT2D eigenvalue weighted by Gasteiger charge is 2.32. The van der Waals surface area contributed by atoms with Gasteiger partial charge in [0, 0.05) is 25.2 Å². The van der Waals surface area contributed by atoms with Gasteiger partial charge in [-0.3, -0.25) is 4.90 Å². The molecule has 3 atom stereocenters. The van der Waals surface area contributed by atoms with Crippen LogP contribution in [0.15, 0.2) is 18.2 Å². The molecule has 2 aromatic rings. The van der Waals surface area contributed by atoms with Crippen molar-refractivity contribution in [3.05, 3.63) is 45.4 Å². The number of nitrogens with one attached hydrogen (secondary N) is 1. The van der Waals surface area contributed by atoms with Crippen molar-refractivity contribution in [3.63, 3.8) is 0 Å². The topological polar surface area (TPSA) is 63.7 Å². The third-order valence-corrected chi connectivity index (χ3v) is 6.00. The summed E-state index contributed by atoms with van der Waals surface area (Å²) in [5.41, 5.74) is -0.0165. The predicted octanol–water partition coefficient (Wildman–Crippen LogP) is 4.12. The van der Waals surface area contributed by atoms with Crippen LogP contribution in [0.4, 0.5) is 13.9 Å². The van der Waals surface area contributed by atoms with Crippen LogP contribution in [0.2, 0.25) is 5.15 Å². The first-order valence-corrected chi connectivity index (χ1v) is 10.3. The van der Waals surface area contributed by atoms with Crippen molar-refractivity contribution >= 4 is 34.0 Å². The monoisotopic (exact) mass is 445 g/mol. The fourth-order valence-corrected chi connectivity index (χ4v) is 4.60. The van der Waals surface area contributed by atoms with Crippen molar-refractivity contribution in [1.29, 1.82) is 0 Å². The molecule has 0 aliphatic carbocycles. The third kappa shape index (κ3) is 5.03. The first-order valence-electron chi connectivity index (χ1n) is 9.12. The number of hydrogen-bond donors (Lipinski definition) is 1. The van der Waals surface area contributed by atoms with Gasteiger partial charge in [-0.25, -0.2) is 18.6 Å². The fraction of sp³-hybridized carbons (Fsp3) is 0.474. The van der Waals surface area contributed by atoms with E-state index in [1.807, 2.05) is 18.7 Å². The number of aromatic nitrogens is 1. The molecule has 3 rings (SSSR count). The van der Waals surface area contributed by atoms with Gasteiger partial charge in [0.2, 0.25) is 0 Å². The summed E-state index contributed by atoms with van der Waals surface area (Å²) in [5.74, 6) is -1.82. The molecule has 0 saturated carbocycles. The number of carbonyl (C=O) groups excluding carboxylic acids is 1. The molecule has 1 aromatic carbocycles. The van der Waals surface area contributed by atoms with Crippen LogP contribution in [-0.2, 0) is 9.47 Å². The Kier molecular flexibility index (Phi) is 7.05. The maximum atomic E-state index is 14.6. The zero-order chi connectivity index (χ0) is 21.1. The fourth-order valence-electron chi connectivity index (χ4n) is 3.49. The zero-order valence-electron chi connectivity index (χ0n) is 16.2. The molecule has 1 N–H and O–H groups in total. The molecule has 29 heavy (non-hydrogen) atoms. The van der Waals surface area contributed by atoms with Gasteiger partial charge in [-0.1, -0.05) is 29.0 Å². The highest BCUT2D eigenvalue weighted by molar-refractivity contribution is 7.18. The van der Waals surface area contributed by atoms with Crippen molar-refractivity contribution in [2.75, 3.05) is 32.1 Å². The minimum atomic E-state index is -0.615. The van der Waals surface area contributed by atoms with Gasteiger partial charge in [0.15, 0.2) is 15.2 Å². The molecule has 3 unspecified atom stereocenters. The number of benzene rings is 1. The van der Waals surface area contributed by atoms with Crippen molar-refractivity contribution in [2.24, 2.45) is 0 Å². The van der Waals surface area contributed by atoms with E-state index in [-0.39, 0.29) is 34.3 Å². The second-order valence-corrected chi connectivity index (χ2v) is 8.23. The van der Waals surface area contributed by atoms with Gasteiger partial charge < -0.3 is 14.8 Å². The summed E-state index contributed by atoms with van der Waals surface area (Å²) in [6.07, 6.45) is -0.146. The van der Waals surface area contributed by atoms with Gasteiger partial charge in [0.25, 0.3) is 0 Å². The number of esters is 1. The van der Waals surface area contributed by atoms with Crippen LogP contribution in [0.3, 0.4) is 0 Å². The first kappa shape index (κ1) is 21.9. The molecule has 10 heteroatoms. The Morgan fingerprint density at radius 3 is 2.59 bits per heavy atom. The maximum Gasteiger partial charge on any atom is 0.351 e. The summed E-state index contributed by atoms with van der Waals surface area (Å²) < 4.78 is 39.6. The van der Waals surface area contributed by atoms with E-state index in [2.05, 4.69) is 15.0 Å². The second-order valence-electron chi connectivity index (χ2n) is 6.87. The summed E-state index contributed by atoms with van der Waals surface area (Å²) in [4.78, 5) is 18.0. The third-order valence-electron chi connectivity index (χ3n) is 4.62. The second kappa shape index (κ2) is 9.34. The molecule has 2 heterocycles. The molecule has 0 bridgehead atoms. The maximum absolute atomic E-state index is 14.6. The molecule has 0 spiro atoms. The van der Waals surface area contributed by atoms with Crippen LogP contribution in [0, 0.1) is 11.6 Å². The van der Waals surface area contributed by atoms with E-state index in [9.17, 15) is 13.6 Å². The number of morpholine rings is 1. The Balaban J connectivity index is 1.87. The van der Waals surface area contributed by atoms with E-state index in [4.69, 9.17) is 16.3 Å². The average molecular weight is 446 g/mol. The van der Waals surface area contributed by atoms with Gasteiger partial charge in [0.1, 0.15) is 11.6 Å². The van der Waals surface area contributed by atoms with Crippen LogP contribution in [0.1, 0.15) is 35.1 Å². The van der Waals surface area contributed by atoms with E-state index in [0.29, 0.717) is 18.2 Å². The Labute approximate surface area is 176 Å². The molecular formula is C19H22ClF2N3O3S. The smallest absolute Gasteiger partial charge is 0.351 e. The molecular weight excluding hydrogens is 424 g/mol. The minimum absolute atomic E-state index is 0.0165. The lowest BCUT2D eigenvalue weighted by molar-refractivity contribution is -0.0801. The lowest BCUT2D eigenvalue weighted by atomic mass is 10.0. The average Bonchev–Trinajstić information content (AvgIpc) is 3.03. The minimum Gasteiger partial charge on any atom is -0.465 e. The predicted molar refractivity (Wildman–Crippen MR) is 108 cm³/mol. The van der Waals surface area contributed by atoms with Crippen LogP contribution in [0.25, 0.3) is 0 Å². The molecule has 1 aromatic heterocycles. The quantitative estimate of drug-likeness (QED) is 0.675. The first-order chi connectivity index (χ1) is 13.8. The van der Waals surface area contributed by atoms with E-state index < -0.39 is 23.6 Å². The Morgan fingerprint density at radius 1 is 1.38 bits per heavy atom. The molecule has 1 aliphatic heterocycles. The highest BCUT2D eigenvalue weighted by Crippen LogP contribution is 2.32. The summed E-state index contributed by atoms with van der Waals surface area (Å²) in [6, 6.07) is 3.23. The standard InChI is InChI=1S/C19H22ClF2N3O3S/c1-10-8-25(9-11(2)28-10)14(15-12(21)5-4-6-13(15)22)7-23-19-24-17(20)16(29-19)18(26)27-3/h4-6,10-11,14H,7-9H2,1-3H3,(H,23,24). The summed E-state index contributed by atoms with van der Waals surface area (Å²) >= 11 is 7.03. The largest absolute Gasteiger partial charge is 0.465 e. The van der Waals surface area contributed by atoms with Gasteiger partial charge in [0.05, 0.1) is 25.4 Å². The molecule has 6 nitrogen and oxygen atoms in total. The number of ether oxygens (including phenoxy) is 2. The Morgan fingerprint density at radius 2 is 2.00 bits per heavy atom. The number of rotatable bonds is 6. The van der Waals surface area contributed by atoms with Crippen LogP contribution >= 0.6 is 22.9 Å². The van der Waals surface area contributed by atoms with E-state index in [1.165, 1.54) is 25.3 Å². The van der Waals surface area contributed by atoms with Gasteiger partial charge >= 0.3 is 5.97 Å². The molecule has 0 radical (unpaired) electrons. The lowest BCUT2D eigenvalue weighted by Crippen LogP contribution is -2.48. The summed E-state index contributed by atoms with van der Waals surface area (Å²) in [6.45, 7) is 5.07. The molecule has 1 aliphatic rings. The number of methoxy groups -OCH3 is 1. The van der Waals surface area contributed by atoms with E-state index >= 15 is 0 Å². The van der Waals surface area contributed by atoms with Crippen LogP contribution in [-0.4, -0.2) is 54.8 Å². The number of halogens is 3.